The second kappa shape index (κ2) is 12.5. The molecule has 0 saturated carbocycles. The first-order chi connectivity index (χ1) is 13.8. The molecule has 2 aliphatic heterocycles. The molecule has 158 valence electrons. The Morgan fingerprint density at radius 1 is 0.679 bits per heavy atom. The molecular weight excluding hydrogens is 352 g/mol. The predicted molar refractivity (Wildman–Crippen MR) is 115 cm³/mol. The van der Waals surface area contributed by atoms with Gasteiger partial charge < -0.3 is 21.3 Å². The molecule has 0 aromatic heterocycles. The maximum Gasteiger partial charge on any atom is 0.114 e. The van der Waals surface area contributed by atoms with Crippen LogP contribution in [0.4, 0.5) is 0 Å². The maximum atomic E-state index is 3.68. The quantitative estimate of drug-likeness (QED) is 0.392. The second-order valence-electron chi connectivity index (χ2n) is 7.49. The van der Waals surface area contributed by atoms with E-state index >= 15 is 0 Å². The molecule has 0 atom stereocenters. The van der Waals surface area contributed by atoms with Crippen LogP contribution in [-0.4, -0.2) is 88.6 Å². The number of nitrogens with zero attached hydrogens (tertiary/aromatic N) is 2. The van der Waals surface area contributed by atoms with Crippen LogP contribution in [0.15, 0.2) is 24.3 Å². The van der Waals surface area contributed by atoms with Crippen LogP contribution in [0.25, 0.3) is 0 Å². The van der Waals surface area contributed by atoms with Crippen molar-refractivity contribution in [2.24, 2.45) is 0 Å². The van der Waals surface area contributed by atoms with E-state index < -0.39 is 0 Å². The molecule has 6 N–H and O–H groups in total. The Morgan fingerprint density at radius 3 is 1.71 bits per heavy atom. The van der Waals surface area contributed by atoms with Crippen LogP contribution in [0.5, 0.6) is 0 Å². The smallest absolute Gasteiger partial charge is 0.114 e. The van der Waals surface area contributed by atoms with Gasteiger partial charge in [-0.15, -0.1) is 0 Å². The molecule has 0 spiro atoms. The number of nitrogens with one attached hydrogen (secondary N) is 6. The predicted octanol–water partition coefficient (Wildman–Crippen LogP) is -1.01. The first kappa shape index (κ1) is 21.6. The molecule has 2 saturated heterocycles. The van der Waals surface area contributed by atoms with Crippen LogP contribution in [-0.2, 0) is 0 Å². The molecule has 2 aliphatic rings. The summed E-state index contributed by atoms with van der Waals surface area (Å²) in [5.74, 6) is 0. The number of benzene rings is 1. The largest absolute Gasteiger partial charge is 0.314 e. The van der Waals surface area contributed by atoms with Crippen molar-refractivity contribution in [3.63, 3.8) is 0 Å². The van der Waals surface area contributed by atoms with E-state index in [0.717, 1.165) is 78.5 Å². The van der Waals surface area contributed by atoms with Crippen LogP contribution in [0, 0.1) is 6.92 Å². The lowest BCUT2D eigenvalue weighted by Gasteiger charge is -2.41. The summed E-state index contributed by atoms with van der Waals surface area (Å²) >= 11 is 0. The minimum absolute atomic E-state index is 0.127. The van der Waals surface area contributed by atoms with Crippen LogP contribution in [0.3, 0.4) is 0 Å². The van der Waals surface area contributed by atoms with Gasteiger partial charge in [-0.3, -0.25) is 10.9 Å². The van der Waals surface area contributed by atoms with E-state index in [1.54, 1.807) is 0 Å². The highest BCUT2D eigenvalue weighted by molar-refractivity contribution is 5.25. The molecule has 1 aromatic rings. The Balaban J connectivity index is 1.81. The van der Waals surface area contributed by atoms with E-state index in [1.165, 1.54) is 11.1 Å². The Morgan fingerprint density at radius 2 is 1.18 bits per heavy atom. The Hall–Kier alpha value is -1.10. The van der Waals surface area contributed by atoms with Crippen molar-refractivity contribution in [1.29, 1.82) is 0 Å². The highest BCUT2D eigenvalue weighted by Crippen LogP contribution is 2.23. The van der Waals surface area contributed by atoms with Crippen LogP contribution in [0.2, 0.25) is 0 Å². The molecular formula is C20H38N8. The van der Waals surface area contributed by atoms with Crippen molar-refractivity contribution in [3.05, 3.63) is 35.4 Å². The molecule has 2 heterocycles. The van der Waals surface area contributed by atoms with Crippen LogP contribution in [0.1, 0.15) is 17.3 Å². The third-order valence-electron chi connectivity index (χ3n) is 5.18. The average Bonchev–Trinajstić information content (AvgIpc) is 2.72. The lowest BCUT2D eigenvalue weighted by Crippen LogP contribution is -2.58. The molecule has 0 radical (unpaired) electrons. The molecule has 3 rings (SSSR count). The monoisotopic (exact) mass is 390 g/mol. The number of rotatable bonds is 3. The molecule has 8 heteroatoms. The fourth-order valence-corrected chi connectivity index (χ4v) is 3.76. The topological polar surface area (TPSA) is 78.7 Å². The highest BCUT2D eigenvalue weighted by Gasteiger charge is 2.27. The third-order valence-corrected chi connectivity index (χ3v) is 5.18. The summed E-state index contributed by atoms with van der Waals surface area (Å²) in [6.45, 7) is 13.9. The van der Waals surface area contributed by atoms with Crippen LogP contribution >= 0.6 is 0 Å². The van der Waals surface area contributed by atoms with Gasteiger partial charge in [-0.05, 0) is 12.5 Å². The summed E-state index contributed by atoms with van der Waals surface area (Å²) < 4.78 is 0. The molecule has 0 amide bonds. The second-order valence-corrected chi connectivity index (χ2v) is 7.49. The summed E-state index contributed by atoms with van der Waals surface area (Å²) in [6.07, 6.45) is 0.127. The van der Waals surface area contributed by atoms with Crippen LogP contribution < -0.4 is 32.1 Å². The lowest BCUT2D eigenvalue weighted by molar-refractivity contribution is -0.0279. The van der Waals surface area contributed by atoms with Crippen molar-refractivity contribution in [1.82, 2.24) is 42.1 Å². The molecule has 0 unspecified atom stereocenters. The van der Waals surface area contributed by atoms with E-state index in [9.17, 15) is 0 Å². The zero-order chi connectivity index (χ0) is 19.4. The van der Waals surface area contributed by atoms with Gasteiger partial charge in [0.1, 0.15) is 6.17 Å². The van der Waals surface area contributed by atoms with Crippen molar-refractivity contribution >= 4 is 0 Å². The summed E-state index contributed by atoms with van der Waals surface area (Å²) in [7, 11) is 0. The van der Waals surface area contributed by atoms with E-state index in [0.29, 0.717) is 0 Å². The van der Waals surface area contributed by atoms with E-state index in [2.05, 4.69) is 73.3 Å². The number of hydrogen-bond acceptors (Lipinski definition) is 8. The van der Waals surface area contributed by atoms with E-state index in [1.807, 2.05) is 0 Å². The molecule has 8 nitrogen and oxygen atoms in total. The van der Waals surface area contributed by atoms with Crippen molar-refractivity contribution < 1.29 is 0 Å². The highest BCUT2D eigenvalue weighted by atomic mass is 15.7. The summed E-state index contributed by atoms with van der Waals surface area (Å²) in [4.78, 5) is 0. The normalized spacial score (nSPS) is 22.8. The SMILES string of the molecule is Cc1cccc(C(N2CCNCCNCCN2)N2CCNCCNCCN2)c1. The van der Waals surface area contributed by atoms with Gasteiger partial charge in [0.15, 0.2) is 0 Å². The van der Waals surface area contributed by atoms with Gasteiger partial charge in [-0.25, -0.2) is 10.0 Å². The molecule has 0 aliphatic carbocycles. The number of aryl methyl sites for hydroxylation is 1. The van der Waals surface area contributed by atoms with E-state index in [4.69, 9.17) is 0 Å². The maximum absolute atomic E-state index is 3.68. The van der Waals surface area contributed by atoms with Gasteiger partial charge in [-0.1, -0.05) is 29.8 Å². The molecule has 1 aromatic carbocycles. The van der Waals surface area contributed by atoms with Gasteiger partial charge in [0, 0.05) is 78.5 Å². The first-order valence-corrected chi connectivity index (χ1v) is 10.7. The zero-order valence-electron chi connectivity index (χ0n) is 17.3. The summed E-state index contributed by atoms with van der Waals surface area (Å²) in [5.41, 5.74) is 9.97. The van der Waals surface area contributed by atoms with Gasteiger partial charge in [0.25, 0.3) is 0 Å². The first-order valence-electron chi connectivity index (χ1n) is 10.7. The molecule has 0 bridgehead atoms. The molecule has 28 heavy (non-hydrogen) atoms. The average molecular weight is 391 g/mol. The lowest BCUT2D eigenvalue weighted by atomic mass is 10.1. The van der Waals surface area contributed by atoms with Gasteiger partial charge in [0.05, 0.1) is 0 Å². The molecule has 2 fully saturated rings. The fraction of sp³-hybridized carbons (Fsp3) is 0.700. The zero-order valence-corrected chi connectivity index (χ0v) is 17.3. The minimum Gasteiger partial charge on any atom is -0.314 e. The number of hydrogen-bond donors (Lipinski definition) is 6. The van der Waals surface area contributed by atoms with Gasteiger partial charge in [0.2, 0.25) is 0 Å². The van der Waals surface area contributed by atoms with Crippen molar-refractivity contribution in [3.8, 4) is 0 Å². The summed E-state index contributed by atoms with van der Waals surface area (Å²) in [6, 6.07) is 8.89. The fourth-order valence-electron chi connectivity index (χ4n) is 3.76. The Labute approximate surface area is 169 Å². The van der Waals surface area contributed by atoms with Crippen molar-refractivity contribution in [2.75, 3.05) is 78.5 Å². The number of hydrazine groups is 2. The van der Waals surface area contributed by atoms with Crippen molar-refractivity contribution in [2.45, 2.75) is 13.1 Å². The third kappa shape index (κ3) is 7.06. The summed E-state index contributed by atoms with van der Waals surface area (Å²) in [5, 5.41) is 18.8. The van der Waals surface area contributed by atoms with E-state index in [-0.39, 0.29) is 6.17 Å². The Kier molecular flexibility index (Phi) is 9.61. The minimum atomic E-state index is 0.127. The van der Waals surface area contributed by atoms with Gasteiger partial charge >= 0.3 is 0 Å². The standard InChI is InChI=1S/C20H38N8/c1-18-3-2-4-19(17-18)20(27-15-13-23-7-5-21-9-11-25-27)28-16-14-24-8-6-22-10-12-26-28/h2-4,17,20-26H,5-16H2,1H3. The Bertz CT molecular complexity index is 509. The van der Waals surface area contributed by atoms with Gasteiger partial charge in [-0.2, -0.15) is 0 Å².